The van der Waals surface area contributed by atoms with Crippen molar-refractivity contribution < 1.29 is 9.97 Å². The minimum atomic E-state index is -2.74. The molecule has 0 aliphatic rings. The molecule has 4 N–H and O–H groups in total. The van der Waals surface area contributed by atoms with Crippen molar-refractivity contribution in [2.45, 2.75) is 13.8 Å². The maximum atomic E-state index is 13.6. The molecule has 0 saturated heterocycles. The second-order valence-electron chi connectivity index (χ2n) is 5.09. The van der Waals surface area contributed by atoms with Crippen molar-refractivity contribution in [1.82, 2.24) is 0 Å². The van der Waals surface area contributed by atoms with Crippen LogP contribution in [0.25, 0.3) is 0 Å². The van der Waals surface area contributed by atoms with Gasteiger partial charge in [-0.1, -0.05) is 59.7 Å². The van der Waals surface area contributed by atoms with Crippen molar-refractivity contribution in [3.8, 4) is 0 Å². The lowest BCUT2D eigenvalue weighted by atomic mass is 10.2. The molecule has 0 aliphatic carbocycles. The summed E-state index contributed by atoms with van der Waals surface area (Å²) in [6, 6.07) is 15.7. The van der Waals surface area contributed by atoms with Crippen LogP contribution in [0.2, 0.25) is 0 Å². The molecule has 2 rings (SSSR count). The van der Waals surface area contributed by atoms with E-state index in [1.807, 2.05) is 62.4 Å². The number of nitrogens with two attached hydrogens (primary N) is 2. The number of aryl methyl sites for hydroxylation is 2. The van der Waals surface area contributed by atoms with Crippen LogP contribution in [0.15, 0.2) is 48.5 Å². The number of hydrogen-bond donors (Lipinski definition) is 2. The molecule has 0 heterocycles. The second-order valence-corrected chi connectivity index (χ2v) is 9.39. The molecule has 0 bridgehead atoms. The van der Waals surface area contributed by atoms with Crippen LogP contribution in [0.5, 0.6) is 0 Å². The molecule has 0 atom stereocenters. The summed E-state index contributed by atoms with van der Waals surface area (Å²) in [7, 11) is -2.74. The fourth-order valence-electron chi connectivity index (χ4n) is 2.03. The smallest absolute Gasteiger partial charge is 0.300 e. The first kappa shape index (κ1) is 18.8. The third-order valence-corrected chi connectivity index (χ3v) is 7.88. The second kappa shape index (κ2) is 7.87. The maximum absolute atomic E-state index is 13.6. The average Bonchev–Trinajstić information content (AvgIpc) is 2.46. The Morgan fingerprint density at radius 1 is 1.00 bits per heavy atom. The van der Waals surface area contributed by atoms with Crippen LogP contribution < -0.4 is 21.8 Å². The number of rotatable bonds is 4. The van der Waals surface area contributed by atoms with Crippen molar-refractivity contribution in [2.75, 3.05) is 5.49 Å². The molecule has 0 aromatic heterocycles. The molecule has 0 radical (unpaired) electrons. The van der Waals surface area contributed by atoms with Crippen molar-refractivity contribution in [2.24, 2.45) is 5.73 Å². The Labute approximate surface area is 142 Å². The number of halogens is 1. The Hall–Kier alpha value is -1.22. The van der Waals surface area contributed by atoms with E-state index in [1.165, 1.54) is 11.8 Å². The molecule has 0 unspecified atom stereocenters. The van der Waals surface area contributed by atoms with Crippen LogP contribution in [-0.2, 0) is 4.57 Å². The lowest BCUT2D eigenvalue weighted by molar-refractivity contribution is -0.110. The van der Waals surface area contributed by atoms with Gasteiger partial charge in [0.2, 0.25) is 0 Å². The van der Waals surface area contributed by atoms with E-state index in [-0.39, 0.29) is 17.6 Å². The Morgan fingerprint density at radius 3 is 1.68 bits per heavy atom. The van der Waals surface area contributed by atoms with Crippen LogP contribution in [0, 0.1) is 13.8 Å². The van der Waals surface area contributed by atoms with E-state index in [0.29, 0.717) is 5.49 Å². The van der Waals surface area contributed by atoms with Crippen molar-refractivity contribution in [3.05, 3.63) is 59.7 Å². The first-order valence-electron chi connectivity index (χ1n) is 6.66. The maximum Gasteiger partial charge on any atom is 0.300 e. The highest BCUT2D eigenvalue weighted by Gasteiger charge is 2.28. The van der Waals surface area contributed by atoms with E-state index in [1.54, 1.807) is 0 Å². The van der Waals surface area contributed by atoms with Crippen LogP contribution in [0.1, 0.15) is 11.1 Å². The predicted molar refractivity (Wildman–Crippen MR) is 100 cm³/mol. The minimum Gasteiger partial charge on any atom is -0.313 e. The van der Waals surface area contributed by atoms with Crippen LogP contribution in [-0.4, -0.2) is 10.7 Å². The number of thioether (sulfide) groups is 1. The average molecular weight is 356 g/mol. The van der Waals surface area contributed by atoms with Gasteiger partial charge in [0, 0.05) is 10.6 Å². The Kier molecular flexibility index (Phi) is 6.73. The highest BCUT2D eigenvalue weighted by molar-refractivity contribution is 8.19. The predicted octanol–water partition coefficient (Wildman–Crippen LogP) is 1.80. The summed E-state index contributed by atoms with van der Waals surface area (Å²) >= 11 is 1.25. The molecule has 3 nitrogen and oxygen atoms in total. The summed E-state index contributed by atoms with van der Waals surface area (Å²) in [6.45, 7) is 4.03. The first-order valence-corrected chi connectivity index (χ1v) is 9.54. The molecule has 118 valence electrons. The fraction of sp³-hybridized carbons (Fsp3) is 0.188. The molecule has 2 aromatic carbocycles. The van der Waals surface area contributed by atoms with E-state index in [2.05, 4.69) is 0 Å². The first-order chi connectivity index (χ1) is 9.91. The van der Waals surface area contributed by atoms with E-state index < -0.39 is 7.14 Å². The lowest BCUT2D eigenvalue weighted by Gasteiger charge is -2.18. The summed E-state index contributed by atoms with van der Waals surface area (Å²) in [5.74, 6) is 0. The quantitative estimate of drug-likeness (QED) is 0.499. The van der Waals surface area contributed by atoms with Gasteiger partial charge in [-0.05, 0) is 25.6 Å². The summed E-state index contributed by atoms with van der Waals surface area (Å²) in [5, 5.41) is 7.46. The van der Waals surface area contributed by atoms with E-state index >= 15 is 0 Å². The Balaban J connectivity index is 0.00000242. The molecule has 0 spiro atoms. The zero-order valence-corrected chi connectivity index (χ0v) is 15.2. The minimum absolute atomic E-state index is 0. The zero-order valence-electron chi connectivity index (χ0n) is 12.7. The van der Waals surface area contributed by atoms with Gasteiger partial charge in [-0.3, -0.25) is 11.1 Å². The number of benzene rings is 2. The highest BCUT2D eigenvalue weighted by Crippen LogP contribution is 2.46. The monoisotopic (exact) mass is 355 g/mol. The molecule has 0 saturated carbocycles. The molecular formula is C16H21ClN2OPS+. The topological polar surface area (TPSA) is 68.7 Å². The normalized spacial score (nSPS) is 10.8. The standard InChI is InChI=1S/C16H19N2OPS.ClH/c1-12-3-7-14(8-4-12)20(19,11-21-16(17)18)15-9-5-13(2)6-10-15;/h3-10H,11H2,1-2H3,(H3,17,18);1H/p+1. The van der Waals surface area contributed by atoms with Gasteiger partial charge in [0.15, 0.2) is 7.14 Å². The lowest BCUT2D eigenvalue weighted by Crippen LogP contribution is -2.43. The number of hydrogen-bond acceptors (Lipinski definition) is 2. The van der Waals surface area contributed by atoms with E-state index in [9.17, 15) is 4.57 Å². The molecule has 2 aromatic rings. The van der Waals surface area contributed by atoms with Gasteiger partial charge < -0.3 is 4.57 Å². The van der Waals surface area contributed by atoms with E-state index in [4.69, 9.17) is 11.1 Å². The SMILES string of the molecule is Cc1ccc(P(=O)(CSC(N)=[NH2+])c2ccc(C)cc2)cc1.Cl. The van der Waals surface area contributed by atoms with Gasteiger partial charge in [0.25, 0.3) is 5.17 Å². The van der Waals surface area contributed by atoms with Crippen molar-refractivity contribution in [1.29, 1.82) is 0 Å². The third kappa shape index (κ3) is 4.39. The molecule has 0 amide bonds. The fourth-order valence-corrected chi connectivity index (χ4v) is 6.11. The summed E-state index contributed by atoms with van der Waals surface area (Å²) in [5.41, 5.74) is 8.21. The molecule has 22 heavy (non-hydrogen) atoms. The zero-order chi connectivity index (χ0) is 15.5. The van der Waals surface area contributed by atoms with Crippen LogP contribution in [0.4, 0.5) is 0 Å². The Morgan fingerprint density at radius 2 is 1.36 bits per heavy atom. The highest BCUT2D eigenvalue weighted by atomic mass is 35.5. The summed E-state index contributed by atoms with van der Waals surface area (Å²) in [6.07, 6.45) is 0. The largest absolute Gasteiger partial charge is 0.313 e. The molecule has 0 aliphatic heterocycles. The van der Waals surface area contributed by atoms with Gasteiger partial charge in [0.1, 0.15) is 0 Å². The molecule has 6 heteroatoms. The van der Waals surface area contributed by atoms with Gasteiger partial charge in [-0.15, -0.1) is 12.4 Å². The summed E-state index contributed by atoms with van der Waals surface area (Å²) < 4.78 is 13.6. The van der Waals surface area contributed by atoms with E-state index in [0.717, 1.165) is 21.7 Å². The van der Waals surface area contributed by atoms with Crippen LogP contribution in [0.3, 0.4) is 0 Å². The van der Waals surface area contributed by atoms with Gasteiger partial charge >= 0.3 is 0 Å². The molecule has 0 fully saturated rings. The van der Waals surface area contributed by atoms with Gasteiger partial charge in [-0.2, -0.15) is 0 Å². The Bertz CT molecular complexity index is 637. The third-order valence-electron chi connectivity index (χ3n) is 3.32. The van der Waals surface area contributed by atoms with Crippen molar-refractivity contribution in [3.63, 3.8) is 0 Å². The molecular weight excluding hydrogens is 335 g/mol. The van der Waals surface area contributed by atoms with Crippen LogP contribution >= 0.6 is 31.3 Å². The van der Waals surface area contributed by atoms with Gasteiger partial charge in [0.05, 0.1) is 5.49 Å². The van der Waals surface area contributed by atoms with Crippen molar-refractivity contribution >= 4 is 47.1 Å². The summed E-state index contributed by atoms with van der Waals surface area (Å²) in [4.78, 5) is 0. The van der Waals surface area contributed by atoms with Gasteiger partial charge in [-0.25, -0.2) is 0 Å². The number of amidine groups is 1.